The molecule has 1 amide bonds. The molecule has 1 aliphatic heterocycles. The van der Waals surface area contributed by atoms with E-state index < -0.39 is 15.9 Å². The van der Waals surface area contributed by atoms with Gasteiger partial charge in [-0.05, 0) is 30.3 Å². The van der Waals surface area contributed by atoms with Crippen LogP contribution in [0.4, 0.5) is 5.82 Å². The molecule has 0 spiro atoms. The van der Waals surface area contributed by atoms with Crippen LogP contribution in [0.5, 0.6) is 5.75 Å². The number of nitrogens with zero attached hydrogens (tertiary/aromatic N) is 2. The number of anilines is 1. The molecular formula is C18H22N4O5S. The Morgan fingerprint density at radius 2 is 2.04 bits per heavy atom. The summed E-state index contributed by atoms with van der Waals surface area (Å²) in [6.07, 6.45) is 0. The molecule has 150 valence electrons. The lowest BCUT2D eigenvalue weighted by Gasteiger charge is -2.26. The van der Waals surface area contributed by atoms with Crippen molar-refractivity contribution >= 4 is 21.7 Å². The van der Waals surface area contributed by atoms with Gasteiger partial charge < -0.3 is 15.2 Å². The van der Waals surface area contributed by atoms with Crippen LogP contribution in [0.1, 0.15) is 16.1 Å². The van der Waals surface area contributed by atoms with E-state index >= 15 is 0 Å². The summed E-state index contributed by atoms with van der Waals surface area (Å²) in [6.45, 7) is 3.56. The summed E-state index contributed by atoms with van der Waals surface area (Å²) >= 11 is 0. The summed E-state index contributed by atoms with van der Waals surface area (Å²) in [5.74, 6) is -0.376. The minimum Gasteiger partial charge on any atom is -0.496 e. The van der Waals surface area contributed by atoms with Crippen molar-refractivity contribution in [2.75, 3.05) is 38.1 Å². The molecule has 1 saturated heterocycles. The van der Waals surface area contributed by atoms with Crippen molar-refractivity contribution in [2.45, 2.75) is 11.4 Å². The van der Waals surface area contributed by atoms with E-state index in [2.05, 4.69) is 14.6 Å². The van der Waals surface area contributed by atoms with Crippen LogP contribution in [0.2, 0.25) is 0 Å². The van der Waals surface area contributed by atoms with Crippen LogP contribution in [-0.2, 0) is 21.3 Å². The fraction of sp³-hybridized carbons (Fsp3) is 0.333. The van der Waals surface area contributed by atoms with Crippen LogP contribution < -0.4 is 15.2 Å². The standard InChI is InChI=1S/C18H22N4O5S/c1-26-16-6-5-14(11-15(16)18(19)23)28(24,25)21-17-4-2-3-13(20-17)12-22-7-9-27-10-8-22/h2-6,11H,7-10,12H2,1H3,(H2,19,23)(H,20,21). The van der Waals surface area contributed by atoms with Gasteiger partial charge in [0.05, 0.1) is 36.5 Å². The van der Waals surface area contributed by atoms with E-state index in [9.17, 15) is 13.2 Å². The van der Waals surface area contributed by atoms with Crippen molar-refractivity contribution in [3.63, 3.8) is 0 Å². The number of hydrogen-bond acceptors (Lipinski definition) is 7. The average molecular weight is 406 g/mol. The molecule has 2 aromatic rings. The number of benzene rings is 1. The first-order valence-corrected chi connectivity index (χ1v) is 10.1. The number of amides is 1. The first-order chi connectivity index (χ1) is 13.4. The van der Waals surface area contributed by atoms with Gasteiger partial charge in [-0.3, -0.25) is 14.4 Å². The normalized spacial score (nSPS) is 15.2. The second-order valence-electron chi connectivity index (χ2n) is 6.23. The molecule has 0 aliphatic carbocycles. The number of nitrogens with two attached hydrogens (primary N) is 1. The average Bonchev–Trinajstić information content (AvgIpc) is 2.68. The Balaban J connectivity index is 1.79. The Morgan fingerprint density at radius 3 is 2.71 bits per heavy atom. The molecule has 0 atom stereocenters. The third kappa shape index (κ3) is 4.77. The number of hydrogen-bond donors (Lipinski definition) is 2. The van der Waals surface area contributed by atoms with Crippen LogP contribution in [-0.4, -0.2) is 57.6 Å². The smallest absolute Gasteiger partial charge is 0.263 e. The van der Waals surface area contributed by atoms with E-state index in [1.165, 1.54) is 25.3 Å². The van der Waals surface area contributed by atoms with E-state index in [0.717, 1.165) is 18.8 Å². The van der Waals surface area contributed by atoms with E-state index in [0.29, 0.717) is 19.8 Å². The number of carbonyl (C=O) groups is 1. The largest absolute Gasteiger partial charge is 0.496 e. The van der Waals surface area contributed by atoms with Crippen molar-refractivity contribution in [3.05, 3.63) is 47.7 Å². The van der Waals surface area contributed by atoms with Gasteiger partial charge >= 0.3 is 0 Å². The lowest BCUT2D eigenvalue weighted by molar-refractivity contribution is 0.0337. The maximum atomic E-state index is 12.7. The lowest BCUT2D eigenvalue weighted by atomic mass is 10.2. The highest BCUT2D eigenvalue weighted by Gasteiger charge is 2.20. The monoisotopic (exact) mass is 406 g/mol. The predicted molar refractivity (Wildman–Crippen MR) is 103 cm³/mol. The van der Waals surface area contributed by atoms with Crippen LogP contribution in [0.3, 0.4) is 0 Å². The molecule has 3 N–H and O–H groups in total. The maximum Gasteiger partial charge on any atom is 0.263 e. The van der Waals surface area contributed by atoms with Gasteiger partial charge in [-0.2, -0.15) is 0 Å². The molecule has 2 heterocycles. The fourth-order valence-corrected chi connectivity index (χ4v) is 3.88. The van der Waals surface area contributed by atoms with Gasteiger partial charge in [-0.15, -0.1) is 0 Å². The number of methoxy groups -OCH3 is 1. The molecule has 28 heavy (non-hydrogen) atoms. The molecule has 1 aliphatic rings. The van der Waals surface area contributed by atoms with Gasteiger partial charge in [-0.1, -0.05) is 6.07 Å². The first-order valence-electron chi connectivity index (χ1n) is 8.66. The highest BCUT2D eigenvalue weighted by Crippen LogP contribution is 2.23. The number of carbonyl (C=O) groups excluding carboxylic acids is 1. The van der Waals surface area contributed by atoms with Crippen LogP contribution in [0.15, 0.2) is 41.3 Å². The van der Waals surface area contributed by atoms with E-state index in [-0.39, 0.29) is 22.0 Å². The summed E-state index contributed by atoms with van der Waals surface area (Å²) in [4.78, 5) is 18.0. The third-order valence-electron chi connectivity index (χ3n) is 4.28. The SMILES string of the molecule is COc1ccc(S(=O)(=O)Nc2cccc(CN3CCOCC3)n2)cc1C(N)=O. The van der Waals surface area contributed by atoms with Crippen molar-refractivity contribution in [1.82, 2.24) is 9.88 Å². The molecule has 1 fully saturated rings. The first kappa shape index (κ1) is 20.1. The molecule has 0 saturated carbocycles. The van der Waals surface area contributed by atoms with Gasteiger partial charge in [0.1, 0.15) is 11.6 Å². The number of morpholine rings is 1. The number of pyridine rings is 1. The van der Waals surface area contributed by atoms with Gasteiger partial charge in [0, 0.05) is 19.6 Å². The van der Waals surface area contributed by atoms with E-state index in [4.69, 9.17) is 15.2 Å². The van der Waals surface area contributed by atoms with Crippen LogP contribution in [0.25, 0.3) is 0 Å². The second-order valence-corrected chi connectivity index (χ2v) is 7.92. The fourth-order valence-electron chi connectivity index (χ4n) is 2.86. The van der Waals surface area contributed by atoms with Crippen molar-refractivity contribution in [2.24, 2.45) is 5.73 Å². The number of primary amides is 1. The van der Waals surface area contributed by atoms with Crippen LogP contribution in [0, 0.1) is 0 Å². The highest BCUT2D eigenvalue weighted by atomic mass is 32.2. The summed E-state index contributed by atoms with van der Waals surface area (Å²) in [5.41, 5.74) is 6.03. The van der Waals surface area contributed by atoms with Gasteiger partial charge in [0.15, 0.2) is 0 Å². The third-order valence-corrected chi connectivity index (χ3v) is 5.63. The number of sulfonamides is 1. The Labute approximate surface area is 163 Å². The Bertz CT molecular complexity index is 958. The molecule has 3 rings (SSSR count). The minimum atomic E-state index is -3.95. The van der Waals surface area contributed by atoms with Crippen LogP contribution >= 0.6 is 0 Å². The van der Waals surface area contributed by atoms with E-state index in [1.54, 1.807) is 12.1 Å². The number of nitrogens with one attached hydrogen (secondary N) is 1. The number of rotatable bonds is 7. The van der Waals surface area contributed by atoms with Gasteiger partial charge in [0.2, 0.25) is 0 Å². The maximum absolute atomic E-state index is 12.7. The topological polar surface area (TPSA) is 124 Å². The predicted octanol–water partition coefficient (Wildman–Crippen LogP) is 0.822. The van der Waals surface area contributed by atoms with Crippen molar-refractivity contribution in [1.29, 1.82) is 0 Å². The molecule has 10 heteroatoms. The summed E-state index contributed by atoms with van der Waals surface area (Å²) in [7, 11) is -2.58. The zero-order chi connectivity index (χ0) is 20.1. The Kier molecular flexibility index (Phi) is 6.12. The van der Waals surface area contributed by atoms with Gasteiger partial charge in [0.25, 0.3) is 15.9 Å². The Hall–Kier alpha value is -2.69. The molecule has 1 aromatic heterocycles. The molecule has 0 radical (unpaired) electrons. The molecular weight excluding hydrogens is 384 g/mol. The molecule has 9 nitrogen and oxygen atoms in total. The minimum absolute atomic E-state index is 0.0144. The summed E-state index contributed by atoms with van der Waals surface area (Å²) in [5, 5.41) is 0. The quantitative estimate of drug-likeness (QED) is 0.698. The highest BCUT2D eigenvalue weighted by molar-refractivity contribution is 7.92. The summed E-state index contributed by atoms with van der Waals surface area (Å²) < 4.78 is 38.2. The van der Waals surface area contributed by atoms with Crippen molar-refractivity contribution < 1.29 is 22.7 Å². The Morgan fingerprint density at radius 1 is 1.29 bits per heavy atom. The van der Waals surface area contributed by atoms with Gasteiger partial charge in [-0.25, -0.2) is 13.4 Å². The zero-order valence-corrected chi connectivity index (χ0v) is 16.2. The summed E-state index contributed by atoms with van der Waals surface area (Å²) in [6, 6.07) is 9.05. The van der Waals surface area contributed by atoms with Crippen molar-refractivity contribution in [3.8, 4) is 5.75 Å². The second kappa shape index (κ2) is 8.55. The lowest BCUT2D eigenvalue weighted by Crippen LogP contribution is -2.35. The molecule has 0 bridgehead atoms. The zero-order valence-electron chi connectivity index (χ0n) is 15.4. The molecule has 1 aromatic carbocycles. The number of ether oxygens (including phenoxy) is 2. The number of aromatic nitrogens is 1. The molecule has 0 unspecified atom stereocenters. The van der Waals surface area contributed by atoms with E-state index in [1.807, 2.05) is 6.07 Å².